The largest absolute Gasteiger partial charge is 0.493 e. The molecule has 0 saturated carbocycles. The van der Waals surface area contributed by atoms with Crippen LogP contribution in [-0.4, -0.2) is 29.2 Å². The molecule has 0 spiro atoms. The molecule has 1 atom stereocenters. The maximum absolute atomic E-state index is 14.2. The van der Waals surface area contributed by atoms with E-state index in [-0.39, 0.29) is 12.0 Å². The second kappa shape index (κ2) is 10.1. The molecule has 3 rings (SSSR count). The Morgan fingerprint density at radius 1 is 1.09 bits per heavy atom. The number of halogens is 3. The first kappa shape index (κ1) is 24.4. The van der Waals surface area contributed by atoms with Crippen LogP contribution in [0.2, 0.25) is 0 Å². The van der Waals surface area contributed by atoms with E-state index >= 15 is 0 Å². The second-order valence-electron chi connectivity index (χ2n) is 9.19. The quantitative estimate of drug-likeness (QED) is 0.410. The predicted octanol–water partition coefficient (Wildman–Crippen LogP) is 6.70. The number of hydrogen-bond donors (Lipinski definition) is 1. The SMILES string of the molecule is CCCCCCCCOc1cccc2ccc([C@H](N3NC(=O)CC3(C)C)C(F)(F)F)cc12. The first-order valence-corrected chi connectivity index (χ1v) is 11.4. The average Bonchev–Trinajstić information content (AvgIpc) is 2.98. The summed E-state index contributed by atoms with van der Waals surface area (Å²) in [5.74, 6) is 0.177. The third kappa shape index (κ3) is 5.74. The number of unbranched alkanes of at least 4 members (excludes halogenated alkanes) is 5. The van der Waals surface area contributed by atoms with Crippen molar-refractivity contribution in [1.82, 2.24) is 10.4 Å². The number of carbonyl (C=O) groups is 1. The van der Waals surface area contributed by atoms with E-state index in [1.54, 1.807) is 32.0 Å². The Labute approximate surface area is 188 Å². The fraction of sp³-hybridized carbons (Fsp3) is 0.560. The Kier molecular flexibility index (Phi) is 7.70. The van der Waals surface area contributed by atoms with Crippen LogP contribution in [0.3, 0.4) is 0 Å². The highest BCUT2D eigenvalue weighted by Crippen LogP contribution is 2.43. The van der Waals surface area contributed by atoms with Crippen LogP contribution in [0.25, 0.3) is 10.8 Å². The van der Waals surface area contributed by atoms with Gasteiger partial charge in [0.2, 0.25) is 5.91 Å². The summed E-state index contributed by atoms with van der Waals surface area (Å²) >= 11 is 0. The molecule has 4 nitrogen and oxygen atoms in total. The number of nitrogens with zero attached hydrogens (tertiary/aromatic N) is 1. The van der Waals surface area contributed by atoms with E-state index in [9.17, 15) is 18.0 Å². The van der Waals surface area contributed by atoms with Gasteiger partial charge in [-0.2, -0.15) is 18.2 Å². The molecule has 1 fully saturated rings. The fourth-order valence-corrected chi connectivity index (χ4v) is 4.32. The van der Waals surface area contributed by atoms with Crippen LogP contribution in [0.1, 0.15) is 77.3 Å². The molecular formula is C25H33F3N2O2. The van der Waals surface area contributed by atoms with Crippen LogP contribution < -0.4 is 10.2 Å². The van der Waals surface area contributed by atoms with Crippen molar-refractivity contribution in [3.8, 4) is 5.75 Å². The number of hydrogen-bond acceptors (Lipinski definition) is 3. The summed E-state index contributed by atoms with van der Waals surface area (Å²) < 4.78 is 48.5. The van der Waals surface area contributed by atoms with Crippen molar-refractivity contribution in [3.05, 3.63) is 42.0 Å². The molecule has 0 unspecified atom stereocenters. The Balaban J connectivity index is 1.83. The van der Waals surface area contributed by atoms with Gasteiger partial charge in [0.25, 0.3) is 0 Å². The van der Waals surface area contributed by atoms with Gasteiger partial charge in [0.1, 0.15) is 5.75 Å². The van der Waals surface area contributed by atoms with Crippen LogP contribution >= 0.6 is 0 Å². The molecule has 2 aromatic carbocycles. The van der Waals surface area contributed by atoms with E-state index < -0.39 is 23.7 Å². The third-order valence-corrected chi connectivity index (χ3v) is 6.00. The molecule has 1 amide bonds. The Hall–Kier alpha value is -2.28. The van der Waals surface area contributed by atoms with E-state index in [2.05, 4.69) is 12.3 Å². The minimum Gasteiger partial charge on any atom is -0.493 e. The molecule has 1 heterocycles. The topological polar surface area (TPSA) is 41.6 Å². The van der Waals surface area contributed by atoms with Crippen LogP contribution in [0, 0.1) is 0 Å². The summed E-state index contributed by atoms with van der Waals surface area (Å²) in [7, 11) is 0. The van der Waals surface area contributed by atoms with Gasteiger partial charge in [-0.15, -0.1) is 0 Å². The number of rotatable bonds is 10. The standard InChI is InChI=1S/C25H33F3N2O2/c1-4-5-6-7-8-9-15-32-21-12-10-11-18-13-14-19(16-20(18)21)23(25(26,27)28)30-24(2,3)17-22(31)29-30/h10-14,16,23H,4-9,15,17H2,1-3H3,(H,29,31)/t23-/m0/s1. The van der Waals surface area contributed by atoms with Gasteiger partial charge in [-0.1, -0.05) is 63.3 Å². The molecule has 0 aromatic heterocycles. The molecule has 0 aliphatic carbocycles. The second-order valence-corrected chi connectivity index (χ2v) is 9.19. The highest BCUT2D eigenvalue weighted by Gasteiger charge is 2.53. The maximum atomic E-state index is 14.2. The van der Waals surface area contributed by atoms with E-state index in [0.717, 1.165) is 23.2 Å². The highest BCUT2D eigenvalue weighted by molar-refractivity contribution is 5.89. The smallest absolute Gasteiger partial charge is 0.409 e. The molecule has 176 valence electrons. The van der Waals surface area contributed by atoms with Crippen LogP contribution in [-0.2, 0) is 4.79 Å². The number of carbonyl (C=O) groups excluding carboxylic acids is 1. The first-order valence-electron chi connectivity index (χ1n) is 11.4. The van der Waals surface area contributed by atoms with Gasteiger partial charge in [-0.05, 0) is 43.4 Å². The molecule has 1 saturated heterocycles. The number of alkyl halides is 3. The number of ether oxygens (including phenoxy) is 1. The maximum Gasteiger partial charge on any atom is 0.409 e. The number of nitrogens with one attached hydrogen (secondary N) is 1. The molecule has 1 aliphatic heterocycles. The van der Waals surface area contributed by atoms with Gasteiger partial charge in [-0.25, -0.2) is 0 Å². The summed E-state index contributed by atoms with van der Waals surface area (Å²) in [6.45, 7) is 5.99. The molecular weight excluding hydrogens is 417 g/mol. The van der Waals surface area contributed by atoms with E-state index in [1.807, 2.05) is 12.1 Å². The average molecular weight is 451 g/mol. The van der Waals surface area contributed by atoms with Crippen molar-refractivity contribution in [1.29, 1.82) is 0 Å². The third-order valence-electron chi connectivity index (χ3n) is 6.00. The number of amides is 1. The molecule has 1 N–H and O–H groups in total. The lowest BCUT2D eigenvalue weighted by atomic mass is 9.95. The molecule has 2 aromatic rings. The lowest BCUT2D eigenvalue weighted by Crippen LogP contribution is -2.51. The van der Waals surface area contributed by atoms with Gasteiger partial charge < -0.3 is 4.74 Å². The molecule has 0 radical (unpaired) electrons. The molecule has 0 bridgehead atoms. The normalized spacial score (nSPS) is 17.5. The minimum atomic E-state index is -4.56. The number of fused-ring (bicyclic) bond motifs is 1. The van der Waals surface area contributed by atoms with E-state index in [4.69, 9.17) is 4.74 Å². The summed E-state index contributed by atoms with van der Waals surface area (Å²) in [5, 5.41) is 2.50. The zero-order valence-corrected chi connectivity index (χ0v) is 19.1. The van der Waals surface area contributed by atoms with Crippen LogP contribution in [0.15, 0.2) is 36.4 Å². The van der Waals surface area contributed by atoms with Crippen molar-refractivity contribution >= 4 is 16.7 Å². The Bertz CT molecular complexity index is 927. The Morgan fingerprint density at radius 2 is 1.81 bits per heavy atom. The first-order chi connectivity index (χ1) is 15.1. The van der Waals surface area contributed by atoms with Gasteiger partial charge in [0.05, 0.1) is 6.61 Å². The lowest BCUT2D eigenvalue weighted by molar-refractivity contribution is -0.203. The number of benzene rings is 2. The predicted molar refractivity (Wildman–Crippen MR) is 120 cm³/mol. The van der Waals surface area contributed by atoms with Crippen molar-refractivity contribution in [2.24, 2.45) is 0 Å². The minimum absolute atomic E-state index is 0.0137. The van der Waals surface area contributed by atoms with Gasteiger partial charge >= 0.3 is 6.18 Å². The Morgan fingerprint density at radius 3 is 2.47 bits per heavy atom. The lowest BCUT2D eigenvalue weighted by Gasteiger charge is -2.38. The van der Waals surface area contributed by atoms with Gasteiger partial charge in [0, 0.05) is 17.3 Å². The number of hydrazine groups is 1. The van der Waals surface area contributed by atoms with E-state index in [1.165, 1.54) is 31.7 Å². The summed E-state index contributed by atoms with van der Waals surface area (Å²) in [6, 6.07) is 8.28. The molecule has 1 aliphatic rings. The van der Waals surface area contributed by atoms with E-state index in [0.29, 0.717) is 17.7 Å². The zero-order valence-electron chi connectivity index (χ0n) is 19.1. The zero-order chi connectivity index (χ0) is 23.4. The van der Waals surface area contributed by atoms with Crippen molar-refractivity contribution in [2.75, 3.05) is 6.61 Å². The van der Waals surface area contributed by atoms with Crippen molar-refractivity contribution in [2.45, 2.75) is 83.5 Å². The summed E-state index contributed by atoms with van der Waals surface area (Å²) in [6.07, 6.45) is 2.27. The van der Waals surface area contributed by atoms with Crippen molar-refractivity contribution < 1.29 is 22.7 Å². The highest BCUT2D eigenvalue weighted by atomic mass is 19.4. The van der Waals surface area contributed by atoms with Crippen LogP contribution in [0.4, 0.5) is 13.2 Å². The fourth-order valence-electron chi connectivity index (χ4n) is 4.32. The summed E-state index contributed by atoms with van der Waals surface area (Å²) in [5.41, 5.74) is 1.54. The monoisotopic (exact) mass is 450 g/mol. The van der Waals surface area contributed by atoms with Crippen molar-refractivity contribution in [3.63, 3.8) is 0 Å². The van der Waals surface area contributed by atoms with Gasteiger partial charge in [-0.3, -0.25) is 10.2 Å². The molecule has 7 heteroatoms. The molecule has 32 heavy (non-hydrogen) atoms. The van der Waals surface area contributed by atoms with Crippen LogP contribution in [0.5, 0.6) is 5.75 Å². The summed E-state index contributed by atoms with van der Waals surface area (Å²) in [4.78, 5) is 11.9. The van der Waals surface area contributed by atoms with Gasteiger partial charge in [0.15, 0.2) is 6.04 Å².